The molecule has 0 atom stereocenters. The van der Waals surface area contributed by atoms with E-state index in [1.165, 1.54) is 0 Å². The van der Waals surface area contributed by atoms with Crippen LogP contribution in [-0.4, -0.2) is 111 Å². The van der Waals surface area contributed by atoms with Gasteiger partial charge in [-0.1, -0.05) is 110 Å². The summed E-state index contributed by atoms with van der Waals surface area (Å²) in [7, 11) is 0. The second kappa shape index (κ2) is 35.0. The lowest BCUT2D eigenvalue weighted by Crippen LogP contribution is -2.43. The van der Waals surface area contributed by atoms with Crippen molar-refractivity contribution < 1.29 is 28.9 Å². The molecular weight excluding hydrogens is 1010 g/mol. The van der Waals surface area contributed by atoms with E-state index in [9.17, 15) is 28.8 Å². The van der Waals surface area contributed by atoms with Crippen molar-refractivity contribution in [3.05, 3.63) is 176 Å². The minimum Gasteiger partial charge on any atom is -0.405 e. The first kappa shape index (κ1) is 59.7. The Balaban J connectivity index is 0.834. The molecule has 0 aliphatic carbocycles. The van der Waals surface area contributed by atoms with Gasteiger partial charge in [0, 0.05) is 96.4 Å². The number of hydrogen-bond acceptors (Lipinski definition) is 16. The number of anilines is 3. The van der Waals surface area contributed by atoms with Crippen molar-refractivity contribution in [2.45, 2.75) is 96.9 Å². The second-order valence-corrected chi connectivity index (χ2v) is 18.6. The van der Waals surface area contributed by atoms with E-state index in [1.807, 2.05) is 91.0 Å². The molecule has 0 fully saturated rings. The molecule has 0 unspecified atom stereocenters. The third kappa shape index (κ3) is 24.1. The van der Waals surface area contributed by atoms with E-state index in [2.05, 4.69) is 51.8 Å². The Morgan fingerprint density at radius 1 is 0.380 bits per heavy atom. The molecule has 0 saturated carbocycles. The molecule has 3 amide bonds. The first-order chi connectivity index (χ1) is 38.7. The van der Waals surface area contributed by atoms with Crippen LogP contribution in [0.1, 0.15) is 93.7 Å². The van der Waals surface area contributed by atoms with Crippen molar-refractivity contribution >= 4 is 35.2 Å². The SMILES string of the molecule is O=C(CCCCCNc1ccn(OCc2ccccc2)c(=O)n1)NCCN(CCNC(=O)CCCCCNc1ccn(OCc2ccccc2)c(=O)n1)CCNC(=O)CCCCCNc1ccn(OCc2ccccc2)c(=O)n1. The summed E-state index contributed by atoms with van der Waals surface area (Å²) in [4.78, 5) is 107. The smallest absolute Gasteiger partial charge is 0.382 e. The third-order valence-corrected chi connectivity index (χ3v) is 12.4. The highest BCUT2D eigenvalue weighted by atomic mass is 16.7. The van der Waals surface area contributed by atoms with Crippen LogP contribution in [0.2, 0.25) is 0 Å². The van der Waals surface area contributed by atoms with Crippen LogP contribution < -0.4 is 63.5 Å². The molecule has 0 saturated heterocycles. The molecule has 0 spiro atoms. The number of amides is 3. The number of carbonyl (C=O) groups excluding carboxylic acids is 3. The Morgan fingerprint density at radius 2 is 0.671 bits per heavy atom. The molecule has 22 nitrogen and oxygen atoms in total. The quantitative estimate of drug-likeness (QED) is 0.0296. The zero-order valence-corrected chi connectivity index (χ0v) is 44.9. The number of aromatic nitrogens is 6. The molecule has 3 heterocycles. The van der Waals surface area contributed by atoms with E-state index >= 15 is 0 Å². The average Bonchev–Trinajstić information content (AvgIpc) is 3.46. The third-order valence-electron chi connectivity index (χ3n) is 12.4. The molecular formula is C57H75N13O9. The van der Waals surface area contributed by atoms with Crippen LogP contribution in [0.25, 0.3) is 0 Å². The summed E-state index contributed by atoms with van der Waals surface area (Å²) in [5.41, 5.74) is 1.27. The lowest BCUT2D eigenvalue weighted by atomic mass is 10.2. The van der Waals surface area contributed by atoms with Gasteiger partial charge in [0.2, 0.25) is 17.7 Å². The number of benzene rings is 3. The topological polar surface area (TPSA) is 259 Å². The summed E-state index contributed by atoms with van der Waals surface area (Å²) < 4.78 is 3.32. The van der Waals surface area contributed by atoms with Gasteiger partial charge in [-0.05, 0) is 55.2 Å². The summed E-state index contributed by atoms with van der Waals surface area (Å²) >= 11 is 0. The molecule has 6 rings (SSSR count). The van der Waals surface area contributed by atoms with Crippen molar-refractivity contribution in [3.63, 3.8) is 0 Å². The number of nitrogens with one attached hydrogen (secondary N) is 6. The van der Waals surface area contributed by atoms with E-state index in [1.54, 1.807) is 36.8 Å². The molecule has 0 bridgehead atoms. The predicted octanol–water partition coefficient (Wildman–Crippen LogP) is 4.21. The molecule has 6 N–H and O–H groups in total. The molecule has 0 aliphatic rings. The Bertz CT molecular complexity index is 2600. The monoisotopic (exact) mass is 1090 g/mol. The van der Waals surface area contributed by atoms with Crippen LogP contribution in [0.5, 0.6) is 0 Å². The van der Waals surface area contributed by atoms with Crippen molar-refractivity contribution in [1.82, 2.24) is 50.0 Å². The molecule has 3 aromatic carbocycles. The number of nitrogens with zero attached hydrogens (tertiary/aromatic N) is 7. The highest BCUT2D eigenvalue weighted by molar-refractivity contribution is 5.76. The van der Waals surface area contributed by atoms with Crippen LogP contribution in [0.15, 0.2) is 142 Å². The van der Waals surface area contributed by atoms with Gasteiger partial charge in [-0.3, -0.25) is 19.3 Å². The van der Waals surface area contributed by atoms with Gasteiger partial charge in [0.1, 0.15) is 37.3 Å². The highest BCUT2D eigenvalue weighted by Gasteiger charge is 2.11. The van der Waals surface area contributed by atoms with E-state index in [4.69, 9.17) is 14.5 Å². The molecule has 0 radical (unpaired) electrons. The van der Waals surface area contributed by atoms with Crippen molar-refractivity contribution in [2.24, 2.45) is 0 Å². The number of carbonyl (C=O) groups is 3. The number of rotatable bonds is 39. The summed E-state index contributed by atoms with van der Waals surface area (Å²) in [6, 6.07) is 33.7. The maximum atomic E-state index is 12.8. The van der Waals surface area contributed by atoms with Gasteiger partial charge in [-0.15, -0.1) is 14.2 Å². The maximum absolute atomic E-state index is 12.8. The van der Waals surface area contributed by atoms with E-state index in [-0.39, 0.29) is 37.5 Å². The molecule has 6 aromatic rings. The zero-order valence-electron chi connectivity index (χ0n) is 44.9. The van der Waals surface area contributed by atoms with Crippen LogP contribution in [0.4, 0.5) is 17.5 Å². The highest BCUT2D eigenvalue weighted by Crippen LogP contribution is 2.08. The molecule has 79 heavy (non-hydrogen) atoms. The Labute approximate surface area is 460 Å². The van der Waals surface area contributed by atoms with Gasteiger partial charge in [0.15, 0.2) is 0 Å². The summed E-state index contributed by atoms with van der Waals surface area (Å²) in [5, 5.41) is 18.5. The molecule has 22 heteroatoms. The average molecular weight is 1090 g/mol. The van der Waals surface area contributed by atoms with Crippen molar-refractivity contribution in [3.8, 4) is 0 Å². The standard InChI is InChI=1S/C57H75N13O9/c71-52(25-13-4-16-31-58-49-28-37-68(55(74)64-49)77-43-46-19-7-1-8-20-46)61-34-40-67(41-35-62-53(72)26-14-5-17-32-59-50-29-38-69(56(75)65-50)78-44-47-21-9-2-10-22-47)42-36-63-54(73)27-15-6-18-33-60-51-30-39-70(57(76)66-51)79-45-48-23-11-3-12-24-48/h1-3,7-12,19-24,28-30,37-39H,4-6,13-18,25-27,31-36,40-45H2,(H,61,71)(H,62,72)(H,63,73)(H,58,64,74)(H,59,65,75)(H,60,66,76). The lowest BCUT2D eigenvalue weighted by molar-refractivity contribution is -0.121. The maximum Gasteiger partial charge on any atom is 0.382 e. The van der Waals surface area contributed by atoms with Gasteiger partial charge in [0.25, 0.3) is 0 Å². The first-order valence-corrected chi connectivity index (χ1v) is 27.2. The summed E-state index contributed by atoms with van der Waals surface area (Å²) in [6.45, 7) is 5.33. The Hall–Kier alpha value is -8.53. The number of unbranched alkanes of at least 4 members (excludes halogenated alkanes) is 6. The normalized spacial score (nSPS) is 10.9. The molecule has 0 aliphatic heterocycles. The van der Waals surface area contributed by atoms with E-state index in [0.29, 0.717) is 115 Å². The van der Waals surface area contributed by atoms with E-state index in [0.717, 1.165) is 69.4 Å². The summed E-state index contributed by atoms with van der Waals surface area (Å²) in [5.74, 6) is 1.21. The summed E-state index contributed by atoms with van der Waals surface area (Å²) in [6.07, 6.45) is 12.6. The second-order valence-electron chi connectivity index (χ2n) is 18.6. The number of hydrogen-bond donors (Lipinski definition) is 6. The fourth-order valence-corrected chi connectivity index (χ4v) is 7.99. The van der Waals surface area contributed by atoms with Gasteiger partial charge in [-0.25, -0.2) is 14.4 Å². The minimum absolute atomic E-state index is 0.0550. The fraction of sp³-hybridized carbons (Fsp3) is 0.421. The predicted molar refractivity (Wildman–Crippen MR) is 302 cm³/mol. The minimum atomic E-state index is -0.514. The van der Waals surface area contributed by atoms with Crippen LogP contribution >= 0.6 is 0 Å². The van der Waals surface area contributed by atoms with Crippen LogP contribution in [0, 0.1) is 0 Å². The van der Waals surface area contributed by atoms with Crippen LogP contribution in [-0.2, 0) is 34.2 Å². The van der Waals surface area contributed by atoms with Gasteiger partial charge in [0.05, 0.1) is 18.6 Å². The largest absolute Gasteiger partial charge is 0.405 e. The van der Waals surface area contributed by atoms with Gasteiger partial charge >= 0.3 is 17.1 Å². The van der Waals surface area contributed by atoms with Gasteiger partial charge < -0.3 is 46.4 Å². The Morgan fingerprint density at radius 3 is 0.949 bits per heavy atom. The fourth-order valence-electron chi connectivity index (χ4n) is 7.99. The zero-order chi connectivity index (χ0) is 55.5. The van der Waals surface area contributed by atoms with Crippen LogP contribution in [0.3, 0.4) is 0 Å². The Kier molecular flexibility index (Phi) is 26.5. The van der Waals surface area contributed by atoms with Gasteiger partial charge in [-0.2, -0.15) is 15.0 Å². The van der Waals surface area contributed by atoms with E-state index < -0.39 is 17.1 Å². The van der Waals surface area contributed by atoms with Crippen molar-refractivity contribution in [1.29, 1.82) is 0 Å². The van der Waals surface area contributed by atoms with Crippen molar-refractivity contribution in [2.75, 3.05) is 74.9 Å². The molecule has 422 valence electrons. The molecule has 3 aromatic heterocycles. The first-order valence-electron chi connectivity index (χ1n) is 27.2. The lowest BCUT2D eigenvalue weighted by Gasteiger charge is -2.23.